The van der Waals surface area contributed by atoms with Crippen LogP contribution in [0, 0.1) is 0 Å². The second-order valence-electron chi connectivity index (χ2n) is 6.02. The van der Waals surface area contributed by atoms with Crippen molar-refractivity contribution in [2.45, 2.75) is 6.54 Å². The molecular formula is C20H17N5OS. The zero-order valence-electron chi connectivity index (χ0n) is 14.7. The number of hydrogen-bond acceptors (Lipinski definition) is 4. The molecule has 0 aliphatic rings. The van der Waals surface area contributed by atoms with Crippen molar-refractivity contribution in [2.24, 2.45) is 12.0 Å². The van der Waals surface area contributed by atoms with Gasteiger partial charge in [0.25, 0.3) is 5.91 Å². The Morgan fingerprint density at radius 2 is 1.93 bits per heavy atom. The van der Waals surface area contributed by atoms with Crippen LogP contribution in [-0.4, -0.2) is 25.2 Å². The van der Waals surface area contributed by atoms with Crippen molar-refractivity contribution in [3.63, 3.8) is 0 Å². The molecule has 1 amide bonds. The second-order valence-corrected chi connectivity index (χ2v) is 6.89. The van der Waals surface area contributed by atoms with Crippen molar-refractivity contribution >= 4 is 17.2 Å². The minimum atomic E-state index is -0.306. The number of amides is 1. The van der Waals surface area contributed by atoms with E-state index in [9.17, 15) is 4.79 Å². The summed E-state index contributed by atoms with van der Waals surface area (Å²) in [6.07, 6.45) is 7.01. The zero-order valence-corrected chi connectivity index (χ0v) is 15.5. The lowest BCUT2D eigenvalue weighted by molar-refractivity contribution is 0.0998. The van der Waals surface area contributed by atoms with Crippen LogP contribution in [0.4, 0.5) is 0 Å². The summed E-state index contributed by atoms with van der Waals surface area (Å²) in [4.78, 5) is 21.9. The van der Waals surface area contributed by atoms with E-state index in [1.165, 1.54) is 11.3 Å². The molecule has 1 aromatic carbocycles. The highest BCUT2D eigenvalue weighted by Gasteiger charge is 2.17. The molecule has 0 N–H and O–H groups in total. The highest BCUT2D eigenvalue weighted by Crippen LogP contribution is 2.21. The van der Waals surface area contributed by atoms with Crippen LogP contribution >= 0.6 is 11.3 Å². The van der Waals surface area contributed by atoms with Gasteiger partial charge in [0.15, 0.2) is 4.80 Å². The van der Waals surface area contributed by atoms with E-state index >= 15 is 0 Å². The highest BCUT2D eigenvalue weighted by atomic mass is 32.1. The number of aryl methyl sites for hydroxylation is 1. The smallest absolute Gasteiger partial charge is 0.283 e. The average molecular weight is 375 g/mol. The van der Waals surface area contributed by atoms with E-state index in [4.69, 9.17) is 0 Å². The van der Waals surface area contributed by atoms with E-state index in [0.717, 1.165) is 11.1 Å². The van der Waals surface area contributed by atoms with Gasteiger partial charge in [-0.1, -0.05) is 30.3 Å². The van der Waals surface area contributed by atoms with Crippen LogP contribution in [0.2, 0.25) is 0 Å². The second kappa shape index (κ2) is 7.51. The molecule has 0 atom stereocenters. The number of aromatic nitrogens is 4. The summed E-state index contributed by atoms with van der Waals surface area (Å²) in [5.41, 5.74) is 3.08. The average Bonchev–Trinajstić information content (AvgIpc) is 3.30. The Balaban J connectivity index is 1.69. The Hall–Kier alpha value is -3.32. The lowest BCUT2D eigenvalue weighted by Crippen LogP contribution is -2.17. The Morgan fingerprint density at radius 1 is 1.15 bits per heavy atom. The molecule has 0 radical (unpaired) electrons. The number of rotatable bonds is 4. The van der Waals surface area contributed by atoms with Crippen LogP contribution in [0.5, 0.6) is 0 Å². The fourth-order valence-electron chi connectivity index (χ4n) is 2.80. The first-order valence-corrected chi connectivity index (χ1v) is 9.29. The number of carbonyl (C=O) groups excluding carboxylic acids is 1. The molecule has 0 aliphatic carbocycles. The van der Waals surface area contributed by atoms with Crippen molar-refractivity contribution in [3.05, 3.63) is 88.6 Å². The molecule has 4 aromatic rings. The number of carbonyl (C=O) groups is 1. The molecule has 134 valence electrons. The zero-order chi connectivity index (χ0) is 18.6. The van der Waals surface area contributed by atoms with Crippen molar-refractivity contribution in [1.82, 2.24) is 19.3 Å². The normalized spacial score (nSPS) is 11.7. The van der Waals surface area contributed by atoms with E-state index in [0.29, 0.717) is 22.6 Å². The quantitative estimate of drug-likeness (QED) is 0.550. The van der Waals surface area contributed by atoms with E-state index < -0.39 is 0 Å². The minimum Gasteiger partial charge on any atom is -0.319 e. The summed E-state index contributed by atoms with van der Waals surface area (Å²) in [5.74, 6) is -0.306. The first kappa shape index (κ1) is 17.1. The lowest BCUT2D eigenvalue weighted by atomic mass is 10.1. The Kier molecular flexibility index (Phi) is 4.76. The van der Waals surface area contributed by atoms with Gasteiger partial charge in [-0.25, -0.2) is 0 Å². The summed E-state index contributed by atoms with van der Waals surface area (Å²) >= 11 is 1.44. The van der Waals surface area contributed by atoms with Crippen LogP contribution in [0.25, 0.3) is 11.3 Å². The highest BCUT2D eigenvalue weighted by molar-refractivity contribution is 7.07. The van der Waals surface area contributed by atoms with Gasteiger partial charge < -0.3 is 4.57 Å². The number of thiazole rings is 1. The Labute approximate surface area is 160 Å². The van der Waals surface area contributed by atoms with Crippen LogP contribution in [0.3, 0.4) is 0 Å². The van der Waals surface area contributed by atoms with E-state index in [1.807, 2.05) is 46.5 Å². The standard InChI is InChI=1S/C20H17N5OS/c1-24-14-17(18(23-24)16-7-9-21-10-8-16)19(26)22-20-25(11-12-27-20)13-15-5-3-2-4-6-15/h2-12,14H,13H2,1H3. The molecule has 0 unspecified atom stereocenters. The van der Waals surface area contributed by atoms with Crippen molar-refractivity contribution in [1.29, 1.82) is 0 Å². The van der Waals surface area contributed by atoms with Gasteiger partial charge >= 0.3 is 0 Å². The molecule has 0 saturated carbocycles. The van der Waals surface area contributed by atoms with Gasteiger partial charge in [0, 0.05) is 49.3 Å². The molecule has 0 bridgehead atoms. The molecule has 3 aromatic heterocycles. The van der Waals surface area contributed by atoms with Crippen LogP contribution in [-0.2, 0) is 13.6 Å². The Bertz CT molecular complexity index is 1130. The number of pyridine rings is 1. The first-order chi connectivity index (χ1) is 13.2. The molecule has 0 spiro atoms. The van der Waals surface area contributed by atoms with Crippen LogP contribution < -0.4 is 4.80 Å². The third-order valence-corrected chi connectivity index (χ3v) is 4.86. The van der Waals surface area contributed by atoms with Gasteiger partial charge in [0.2, 0.25) is 0 Å². The third-order valence-electron chi connectivity index (χ3n) is 4.07. The molecule has 7 heteroatoms. The fourth-order valence-corrected chi connectivity index (χ4v) is 3.53. The number of nitrogens with zero attached hydrogens (tertiary/aromatic N) is 5. The predicted octanol–water partition coefficient (Wildman–Crippen LogP) is 3.13. The fraction of sp³-hybridized carbons (Fsp3) is 0.100. The van der Waals surface area contributed by atoms with Gasteiger partial charge in [-0.2, -0.15) is 10.1 Å². The summed E-state index contributed by atoms with van der Waals surface area (Å²) in [6, 6.07) is 13.8. The van der Waals surface area contributed by atoms with Gasteiger partial charge in [-0.15, -0.1) is 11.3 Å². The maximum Gasteiger partial charge on any atom is 0.283 e. The van der Waals surface area contributed by atoms with Crippen molar-refractivity contribution in [2.75, 3.05) is 0 Å². The number of hydrogen-bond donors (Lipinski definition) is 0. The topological polar surface area (TPSA) is 65.1 Å². The van der Waals surface area contributed by atoms with Crippen LogP contribution in [0.1, 0.15) is 15.9 Å². The minimum absolute atomic E-state index is 0.306. The SMILES string of the molecule is Cn1cc(C(=O)N=c2sccn2Cc2ccccc2)c(-c2ccncc2)n1. The summed E-state index contributed by atoms with van der Waals surface area (Å²) < 4.78 is 3.60. The van der Waals surface area contributed by atoms with E-state index in [-0.39, 0.29) is 5.91 Å². The molecule has 4 rings (SSSR count). The molecule has 27 heavy (non-hydrogen) atoms. The third kappa shape index (κ3) is 3.78. The van der Waals surface area contributed by atoms with Gasteiger partial charge in [0.05, 0.1) is 5.56 Å². The van der Waals surface area contributed by atoms with Crippen molar-refractivity contribution < 1.29 is 4.79 Å². The molecule has 0 aliphatic heterocycles. The summed E-state index contributed by atoms with van der Waals surface area (Å²) in [5, 5.41) is 6.36. The maximum atomic E-state index is 12.9. The van der Waals surface area contributed by atoms with Gasteiger partial charge in [-0.05, 0) is 17.7 Å². The van der Waals surface area contributed by atoms with Crippen LogP contribution in [0.15, 0.2) is 77.6 Å². The van der Waals surface area contributed by atoms with Gasteiger partial charge in [-0.3, -0.25) is 14.5 Å². The van der Waals surface area contributed by atoms with Crippen molar-refractivity contribution in [3.8, 4) is 11.3 Å². The Morgan fingerprint density at radius 3 is 2.70 bits per heavy atom. The number of benzene rings is 1. The monoisotopic (exact) mass is 375 g/mol. The predicted molar refractivity (Wildman–Crippen MR) is 104 cm³/mol. The maximum absolute atomic E-state index is 12.9. The lowest BCUT2D eigenvalue weighted by Gasteiger charge is -2.03. The molecule has 6 nitrogen and oxygen atoms in total. The van der Waals surface area contributed by atoms with E-state index in [1.54, 1.807) is 30.3 Å². The summed E-state index contributed by atoms with van der Waals surface area (Å²) in [7, 11) is 1.79. The molecule has 3 heterocycles. The summed E-state index contributed by atoms with van der Waals surface area (Å²) in [6.45, 7) is 0.667. The molecule has 0 fully saturated rings. The first-order valence-electron chi connectivity index (χ1n) is 8.41. The van der Waals surface area contributed by atoms with E-state index in [2.05, 4.69) is 27.2 Å². The molecule has 0 saturated heterocycles. The van der Waals surface area contributed by atoms with Gasteiger partial charge in [0.1, 0.15) is 5.69 Å². The largest absolute Gasteiger partial charge is 0.319 e. The molecular weight excluding hydrogens is 358 g/mol.